The molecular formula is C13H17ClN2. The largest absolute Gasteiger partial charge is 0.238 e. The predicted molar refractivity (Wildman–Crippen MR) is 64.7 cm³/mol. The van der Waals surface area contributed by atoms with Crippen LogP contribution in [-0.2, 0) is 0 Å². The van der Waals surface area contributed by atoms with E-state index in [9.17, 15) is 0 Å². The third kappa shape index (κ3) is 1.55. The van der Waals surface area contributed by atoms with Crippen LogP contribution in [0, 0.1) is 25.7 Å². The Kier molecular flexibility index (Phi) is 2.43. The maximum absolute atomic E-state index is 6.15. The van der Waals surface area contributed by atoms with E-state index >= 15 is 0 Å². The minimum Gasteiger partial charge on any atom is -0.238 e. The Morgan fingerprint density at radius 2 is 1.94 bits per heavy atom. The fourth-order valence-electron chi connectivity index (χ4n) is 3.34. The quantitative estimate of drug-likeness (QED) is 0.696. The van der Waals surface area contributed by atoms with Gasteiger partial charge < -0.3 is 0 Å². The normalized spacial score (nSPS) is 32.3. The van der Waals surface area contributed by atoms with Crippen LogP contribution in [0.1, 0.15) is 48.7 Å². The molecule has 3 heteroatoms. The lowest BCUT2D eigenvalue weighted by Gasteiger charge is -2.21. The SMILES string of the molecule is Cc1nc(C2CC3CCC2C3)nc(Cl)c1C. The molecule has 3 rings (SSSR count). The smallest absolute Gasteiger partial charge is 0.135 e. The second-order valence-corrected chi connectivity index (χ2v) is 5.72. The van der Waals surface area contributed by atoms with Crippen LogP contribution >= 0.6 is 11.6 Å². The van der Waals surface area contributed by atoms with Crippen molar-refractivity contribution in [2.24, 2.45) is 11.8 Å². The molecule has 0 radical (unpaired) electrons. The lowest BCUT2D eigenvalue weighted by Crippen LogP contribution is -2.13. The average molecular weight is 237 g/mol. The summed E-state index contributed by atoms with van der Waals surface area (Å²) in [6.07, 6.45) is 5.45. The van der Waals surface area contributed by atoms with Crippen LogP contribution in [0.15, 0.2) is 0 Å². The Labute approximate surface area is 101 Å². The van der Waals surface area contributed by atoms with Gasteiger partial charge in [-0.2, -0.15) is 0 Å². The molecule has 0 amide bonds. The number of aromatic nitrogens is 2. The van der Waals surface area contributed by atoms with Crippen LogP contribution in [-0.4, -0.2) is 9.97 Å². The van der Waals surface area contributed by atoms with E-state index in [1.165, 1.54) is 25.7 Å². The topological polar surface area (TPSA) is 25.8 Å². The van der Waals surface area contributed by atoms with Gasteiger partial charge in [0.1, 0.15) is 11.0 Å². The highest BCUT2D eigenvalue weighted by molar-refractivity contribution is 6.30. The molecule has 16 heavy (non-hydrogen) atoms. The molecule has 3 unspecified atom stereocenters. The van der Waals surface area contributed by atoms with Crippen LogP contribution in [0.3, 0.4) is 0 Å². The molecule has 0 saturated heterocycles. The summed E-state index contributed by atoms with van der Waals surface area (Å²) < 4.78 is 0. The lowest BCUT2D eigenvalue weighted by atomic mass is 9.88. The van der Waals surface area contributed by atoms with Crippen molar-refractivity contribution in [2.45, 2.75) is 45.4 Å². The number of rotatable bonds is 1. The highest BCUT2D eigenvalue weighted by Crippen LogP contribution is 2.52. The molecule has 86 valence electrons. The van der Waals surface area contributed by atoms with Gasteiger partial charge in [-0.15, -0.1) is 0 Å². The minimum absolute atomic E-state index is 0.579. The van der Waals surface area contributed by atoms with Gasteiger partial charge in [0.2, 0.25) is 0 Å². The number of hydrogen-bond donors (Lipinski definition) is 0. The number of nitrogens with zero attached hydrogens (tertiary/aromatic N) is 2. The second-order valence-electron chi connectivity index (χ2n) is 5.36. The van der Waals surface area contributed by atoms with Gasteiger partial charge in [-0.25, -0.2) is 9.97 Å². The van der Waals surface area contributed by atoms with E-state index in [1.54, 1.807) is 0 Å². The first-order valence-corrected chi connectivity index (χ1v) is 6.53. The van der Waals surface area contributed by atoms with Crippen LogP contribution in [0.25, 0.3) is 0 Å². The first-order chi connectivity index (χ1) is 7.65. The molecule has 2 aliphatic carbocycles. The number of fused-ring (bicyclic) bond motifs is 2. The second kappa shape index (κ2) is 3.69. The van der Waals surface area contributed by atoms with Crippen LogP contribution in [0.4, 0.5) is 0 Å². The molecular weight excluding hydrogens is 220 g/mol. The van der Waals surface area contributed by atoms with Gasteiger partial charge in [0, 0.05) is 17.2 Å². The molecule has 1 aromatic heterocycles. The van der Waals surface area contributed by atoms with Crippen molar-refractivity contribution in [1.29, 1.82) is 0 Å². The monoisotopic (exact) mass is 236 g/mol. The molecule has 0 aromatic carbocycles. The van der Waals surface area contributed by atoms with E-state index in [4.69, 9.17) is 11.6 Å². The van der Waals surface area contributed by atoms with Crippen LogP contribution < -0.4 is 0 Å². The highest BCUT2D eigenvalue weighted by Gasteiger charge is 2.41. The number of halogens is 1. The van der Waals surface area contributed by atoms with Gasteiger partial charge in [0.05, 0.1) is 0 Å². The molecule has 0 aliphatic heterocycles. The Balaban J connectivity index is 1.95. The zero-order chi connectivity index (χ0) is 11.3. The van der Waals surface area contributed by atoms with Crippen LogP contribution in [0.5, 0.6) is 0 Å². The van der Waals surface area contributed by atoms with Crippen molar-refractivity contribution in [3.63, 3.8) is 0 Å². The van der Waals surface area contributed by atoms with Gasteiger partial charge in [-0.05, 0) is 44.9 Å². The van der Waals surface area contributed by atoms with Crippen molar-refractivity contribution in [1.82, 2.24) is 9.97 Å². The predicted octanol–water partition coefficient (Wildman–Crippen LogP) is 3.65. The zero-order valence-electron chi connectivity index (χ0n) is 9.83. The van der Waals surface area contributed by atoms with E-state index in [1.807, 2.05) is 13.8 Å². The number of aryl methyl sites for hydroxylation is 1. The molecule has 2 saturated carbocycles. The summed E-state index contributed by atoms with van der Waals surface area (Å²) in [6, 6.07) is 0. The Bertz CT molecular complexity index is 407. The fraction of sp³-hybridized carbons (Fsp3) is 0.692. The van der Waals surface area contributed by atoms with Gasteiger partial charge >= 0.3 is 0 Å². The van der Waals surface area contributed by atoms with Gasteiger partial charge in [-0.1, -0.05) is 18.0 Å². The highest BCUT2D eigenvalue weighted by atomic mass is 35.5. The van der Waals surface area contributed by atoms with Gasteiger partial charge in [0.15, 0.2) is 0 Å². The summed E-state index contributed by atoms with van der Waals surface area (Å²) in [5, 5.41) is 0.644. The maximum Gasteiger partial charge on any atom is 0.135 e. The first-order valence-electron chi connectivity index (χ1n) is 6.15. The van der Waals surface area contributed by atoms with Gasteiger partial charge in [0.25, 0.3) is 0 Å². The van der Waals surface area contributed by atoms with E-state index in [2.05, 4.69) is 9.97 Å². The summed E-state index contributed by atoms with van der Waals surface area (Å²) in [7, 11) is 0. The summed E-state index contributed by atoms with van der Waals surface area (Å²) in [5.41, 5.74) is 2.06. The van der Waals surface area contributed by atoms with Crippen LogP contribution in [0.2, 0.25) is 5.15 Å². The summed E-state index contributed by atoms with van der Waals surface area (Å²) in [5.74, 6) is 3.33. The molecule has 0 N–H and O–H groups in total. The summed E-state index contributed by atoms with van der Waals surface area (Å²) in [4.78, 5) is 9.13. The lowest BCUT2D eigenvalue weighted by molar-refractivity contribution is 0.404. The van der Waals surface area contributed by atoms with Crippen molar-refractivity contribution in [2.75, 3.05) is 0 Å². The molecule has 2 bridgehead atoms. The summed E-state index contributed by atoms with van der Waals surface area (Å²) in [6.45, 7) is 4.02. The molecule has 0 spiro atoms. The third-order valence-electron chi connectivity index (χ3n) is 4.42. The van der Waals surface area contributed by atoms with Gasteiger partial charge in [-0.3, -0.25) is 0 Å². The fourth-order valence-corrected chi connectivity index (χ4v) is 3.56. The standard InChI is InChI=1S/C13H17ClN2/c1-7-8(2)15-13(16-12(7)14)11-6-9-3-4-10(11)5-9/h9-11H,3-6H2,1-2H3. The maximum atomic E-state index is 6.15. The third-order valence-corrected chi connectivity index (χ3v) is 4.78. The van der Waals surface area contributed by atoms with E-state index < -0.39 is 0 Å². The van der Waals surface area contributed by atoms with E-state index in [0.29, 0.717) is 11.1 Å². The first kappa shape index (κ1) is 10.5. The Hall–Kier alpha value is -0.630. The Morgan fingerprint density at radius 1 is 1.12 bits per heavy atom. The van der Waals surface area contributed by atoms with Crippen molar-refractivity contribution < 1.29 is 0 Å². The van der Waals surface area contributed by atoms with Crippen molar-refractivity contribution in [3.8, 4) is 0 Å². The van der Waals surface area contributed by atoms with Crippen molar-refractivity contribution in [3.05, 3.63) is 22.2 Å². The molecule has 2 nitrogen and oxygen atoms in total. The van der Waals surface area contributed by atoms with E-state index in [-0.39, 0.29) is 0 Å². The number of hydrogen-bond acceptors (Lipinski definition) is 2. The van der Waals surface area contributed by atoms with Crippen molar-refractivity contribution >= 4 is 11.6 Å². The minimum atomic E-state index is 0.579. The molecule has 3 atom stereocenters. The molecule has 1 heterocycles. The Morgan fingerprint density at radius 3 is 2.50 bits per heavy atom. The summed E-state index contributed by atoms with van der Waals surface area (Å²) >= 11 is 6.15. The molecule has 2 aliphatic rings. The zero-order valence-corrected chi connectivity index (χ0v) is 10.6. The molecule has 2 fully saturated rings. The molecule has 1 aromatic rings. The average Bonchev–Trinajstić information content (AvgIpc) is 2.86. The van der Waals surface area contributed by atoms with E-state index in [0.717, 1.165) is 28.9 Å².